The molecule has 16 heteroatoms. The van der Waals surface area contributed by atoms with Gasteiger partial charge >= 0.3 is 12.4 Å². The quantitative estimate of drug-likeness (QED) is 0.162. The second kappa shape index (κ2) is 15.6. The average Bonchev–Trinajstić information content (AvgIpc) is 3.90. The number of H-pyrrole nitrogens is 2. The van der Waals surface area contributed by atoms with Gasteiger partial charge in [0, 0.05) is 45.5 Å². The molecular formula is C44H41F6N7O3. The molecular weight excluding hydrogens is 789 g/mol. The number of piperidine rings is 2. The molecule has 9 rings (SSSR count). The van der Waals surface area contributed by atoms with Crippen molar-refractivity contribution in [2.24, 2.45) is 0 Å². The Morgan fingerprint density at radius 3 is 1.88 bits per heavy atom. The van der Waals surface area contributed by atoms with Crippen LogP contribution in [0.3, 0.4) is 0 Å². The van der Waals surface area contributed by atoms with Crippen LogP contribution >= 0.6 is 0 Å². The molecule has 0 saturated carbocycles. The molecule has 0 aliphatic carbocycles. The number of pyridine rings is 2. The minimum atomic E-state index is -4.60. The first-order valence-corrected chi connectivity index (χ1v) is 20.0. The molecule has 1 atom stereocenters. The number of halogens is 6. The lowest BCUT2D eigenvalue weighted by Crippen LogP contribution is -2.39. The Morgan fingerprint density at radius 1 is 0.650 bits per heavy atom. The molecule has 312 valence electrons. The van der Waals surface area contributed by atoms with Crippen molar-refractivity contribution in [3.05, 3.63) is 124 Å². The fraction of sp³-hybridized carbons (Fsp3) is 0.364. The SMILES string of the molecule is O=C(c1cc2ncc(N3CCOC(c4ccc(C5CCN(C(=O)c6cc7ncccc7[nH]6)CC5)c(C(F)(F)F)c4)C3)cc2[nH]1)N1CCC(c2ccccc2C(F)(F)F)CC1. The van der Waals surface area contributed by atoms with E-state index in [1.807, 2.05) is 17.0 Å². The minimum Gasteiger partial charge on any atom is -0.370 e. The zero-order valence-electron chi connectivity index (χ0n) is 32.3. The molecule has 2 N–H and O–H groups in total. The summed E-state index contributed by atoms with van der Waals surface area (Å²) in [6.45, 7) is 2.27. The predicted molar refractivity (Wildman–Crippen MR) is 212 cm³/mol. The van der Waals surface area contributed by atoms with Crippen molar-refractivity contribution in [2.75, 3.05) is 50.8 Å². The zero-order chi connectivity index (χ0) is 41.8. The Hall–Kier alpha value is -5.90. The third-order valence-electron chi connectivity index (χ3n) is 12.2. The van der Waals surface area contributed by atoms with Crippen LogP contribution in [-0.4, -0.2) is 87.4 Å². The number of hydrogen-bond donors (Lipinski definition) is 2. The van der Waals surface area contributed by atoms with E-state index in [0.717, 1.165) is 11.6 Å². The first-order valence-electron chi connectivity index (χ1n) is 20.0. The van der Waals surface area contributed by atoms with E-state index in [1.54, 1.807) is 58.6 Å². The molecule has 3 aliphatic heterocycles. The molecule has 2 amide bonds. The number of morpholine rings is 1. The van der Waals surface area contributed by atoms with Gasteiger partial charge in [-0.2, -0.15) is 26.3 Å². The molecule has 2 aromatic carbocycles. The van der Waals surface area contributed by atoms with Crippen molar-refractivity contribution in [2.45, 2.75) is 56.0 Å². The highest BCUT2D eigenvalue weighted by molar-refractivity contribution is 5.98. The van der Waals surface area contributed by atoms with Gasteiger partial charge in [0.15, 0.2) is 0 Å². The summed E-state index contributed by atoms with van der Waals surface area (Å²) in [5, 5.41) is 0. The number of carbonyl (C=O) groups excluding carboxylic acids is 2. The van der Waals surface area contributed by atoms with Crippen LogP contribution in [0.2, 0.25) is 0 Å². The Kier molecular flexibility index (Phi) is 10.3. The monoisotopic (exact) mass is 829 g/mol. The van der Waals surface area contributed by atoms with Crippen molar-refractivity contribution < 1.29 is 40.7 Å². The Labute approximate surface area is 340 Å². The van der Waals surface area contributed by atoms with Gasteiger partial charge in [0.25, 0.3) is 11.8 Å². The summed E-state index contributed by atoms with van der Waals surface area (Å²) in [7, 11) is 0. The number of benzene rings is 2. The maximum absolute atomic E-state index is 14.7. The van der Waals surface area contributed by atoms with Crippen LogP contribution in [0.4, 0.5) is 32.0 Å². The van der Waals surface area contributed by atoms with Crippen molar-refractivity contribution in [3.8, 4) is 0 Å². The second-order valence-electron chi connectivity index (χ2n) is 15.8. The highest BCUT2D eigenvalue weighted by atomic mass is 19.4. The summed E-state index contributed by atoms with van der Waals surface area (Å²) < 4.78 is 91.0. The number of aromatic nitrogens is 4. The molecule has 1 unspecified atom stereocenters. The Balaban J connectivity index is 0.851. The summed E-state index contributed by atoms with van der Waals surface area (Å²) in [6, 6.07) is 18.8. The normalized spacial score (nSPS) is 18.8. The maximum Gasteiger partial charge on any atom is 0.416 e. The summed E-state index contributed by atoms with van der Waals surface area (Å²) in [5.74, 6) is -1.17. The predicted octanol–water partition coefficient (Wildman–Crippen LogP) is 9.09. The van der Waals surface area contributed by atoms with Crippen LogP contribution in [0.15, 0.2) is 85.2 Å². The molecule has 7 heterocycles. The van der Waals surface area contributed by atoms with Crippen LogP contribution in [-0.2, 0) is 17.1 Å². The number of alkyl halides is 6. The van der Waals surface area contributed by atoms with Crippen LogP contribution in [0.25, 0.3) is 22.1 Å². The first-order chi connectivity index (χ1) is 28.8. The van der Waals surface area contributed by atoms with E-state index in [-0.39, 0.29) is 47.9 Å². The van der Waals surface area contributed by atoms with Gasteiger partial charge in [-0.25, -0.2) is 0 Å². The molecule has 4 aromatic heterocycles. The average molecular weight is 830 g/mol. The van der Waals surface area contributed by atoms with E-state index in [4.69, 9.17) is 4.74 Å². The van der Waals surface area contributed by atoms with Gasteiger partial charge in [0.05, 0.1) is 51.7 Å². The Bertz CT molecular complexity index is 2520. The number of rotatable bonds is 6. The smallest absolute Gasteiger partial charge is 0.370 e. The Morgan fingerprint density at radius 2 is 1.25 bits per heavy atom. The number of nitrogens with one attached hydrogen (secondary N) is 2. The summed E-state index contributed by atoms with van der Waals surface area (Å²) in [4.78, 5) is 47.2. The van der Waals surface area contributed by atoms with Gasteiger partial charge < -0.3 is 29.4 Å². The van der Waals surface area contributed by atoms with Gasteiger partial charge in [-0.05, 0) is 96.7 Å². The molecule has 60 heavy (non-hydrogen) atoms. The fourth-order valence-electron chi connectivity index (χ4n) is 9.06. The molecule has 0 radical (unpaired) electrons. The van der Waals surface area contributed by atoms with Gasteiger partial charge in [0.1, 0.15) is 17.5 Å². The highest BCUT2D eigenvalue weighted by Crippen LogP contribution is 2.42. The van der Waals surface area contributed by atoms with Crippen LogP contribution in [0, 0.1) is 0 Å². The van der Waals surface area contributed by atoms with Gasteiger partial charge in [-0.3, -0.25) is 19.6 Å². The lowest BCUT2D eigenvalue weighted by atomic mass is 9.85. The summed E-state index contributed by atoms with van der Waals surface area (Å²) in [6.07, 6.45) is -4.82. The second-order valence-corrected chi connectivity index (χ2v) is 15.8. The van der Waals surface area contributed by atoms with E-state index in [0.29, 0.717) is 97.6 Å². The molecule has 6 aromatic rings. The number of carbonyl (C=O) groups is 2. The number of likely N-dealkylation sites (tertiary alicyclic amines) is 2. The number of ether oxygens (including phenoxy) is 1. The van der Waals surface area contributed by atoms with E-state index in [9.17, 15) is 35.9 Å². The summed E-state index contributed by atoms with van der Waals surface area (Å²) in [5.41, 5.74) is 3.52. The standard InChI is InChI=1S/C44H41F6N7O3/c45-43(46,47)32-5-2-1-4-30(32)26-9-14-56(15-10-26)42(59)39-23-36-37(54-39)21-29(24-52-36)57-18-19-60-40(25-57)28-7-8-31(33(20-28)44(48,49)50)27-11-16-55(17-12-27)41(58)38-22-35-34(53-38)6-3-13-51-35/h1-8,13,20-24,26-27,40,53-54H,9-12,14-19,25H2. The lowest BCUT2D eigenvalue weighted by Gasteiger charge is -2.35. The number of nitrogens with zero attached hydrogens (tertiary/aromatic N) is 5. The van der Waals surface area contributed by atoms with Gasteiger partial charge in [0.2, 0.25) is 0 Å². The third kappa shape index (κ3) is 7.80. The third-order valence-corrected chi connectivity index (χ3v) is 12.2. The van der Waals surface area contributed by atoms with Gasteiger partial charge in [-0.15, -0.1) is 0 Å². The molecule has 3 fully saturated rings. The first kappa shape index (κ1) is 39.6. The number of aromatic amines is 2. The van der Waals surface area contributed by atoms with E-state index >= 15 is 0 Å². The number of amides is 2. The van der Waals surface area contributed by atoms with E-state index < -0.39 is 29.6 Å². The fourth-order valence-corrected chi connectivity index (χ4v) is 9.06. The molecule has 3 aliphatic rings. The van der Waals surface area contributed by atoms with Crippen LogP contribution in [0.5, 0.6) is 0 Å². The van der Waals surface area contributed by atoms with Gasteiger partial charge in [-0.1, -0.05) is 30.3 Å². The molecule has 3 saturated heterocycles. The van der Waals surface area contributed by atoms with Crippen molar-refractivity contribution in [1.29, 1.82) is 0 Å². The molecule has 0 spiro atoms. The summed E-state index contributed by atoms with van der Waals surface area (Å²) >= 11 is 0. The zero-order valence-corrected chi connectivity index (χ0v) is 32.3. The highest BCUT2D eigenvalue weighted by Gasteiger charge is 2.39. The largest absolute Gasteiger partial charge is 0.416 e. The van der Waals surface area contributed by atoms with E-state index in [2.05, 4.69) is 19.9 Å². The maximum atomic E-state index is 14.7. The molecule has 0 bridgehead atoms. The van der Waals surface area contributed by atoms with Crippen molar-refractivity contribution >= 4 is 39.6 Å². The number of fused-ring (bicyclic) bond motifs is 2. The number of anilines is 1. The van der Waals surface area contributed by atoms with Crippen molar-refractivity contribution in [1.82, 2.24) is 29.7 Å². The lowest BCUT2D eigenvalue weighted by molar-refractivity contribution is -0.139. The van der Waals surface area contributed by atoms with Crippen LogP contribution in [0.1, 0.15) is 92.4 Å². The van der Waals surface area contributed by atoms with E-state index in [1.165, 1.54) is 18.2 Å². The van der Waals surface area contributed by atoms with Crippen LogP contribution < -0.4 is 4.90 Å². The topological polar surface area (TPSA) is 110 Å². The molecule has 10 nitrogen and oxygen atoms in total. The minimum absolute atomic E-state index is 0.206. The van der Waals surface area contributed by atoms with Crippen molar-refractivity contribution in [3.63, 3.8) is 0 Å². The number of hydrogen-bond acceptors (Lipinski definition) is 6.